The lowest BCUT2D eigenvalue weighted by Gasteiger charge is -2.12. The summed E-state index contributed by atoms with van der Waals surface area (Å²) in [6.07, 6.45) is 1.48. The first-order valence-corrected chi connectivity index (χ1v) is 9.64. The van der Waals surface area contributed by atoms with Gasteiger partial charge in [-0.15, -0.1) is 11.3 Å². The highest BCUT2D eigenvalue weighted by Gasteiger charge is 2.14. The second kappa shape index (κ2) is 8.43. The van der Waals surface area contributed by atoms with Crippen LogP contribution in [0.3, 0.4) is 0 Å². The Hall–Kier alpha value is -2.24. The normalized spacial score (nSPS) is 12.4. The van der Waals surface area contributed by atoms with Gasteiger partial charge in [-0.05, 0) is 43.7 Å². The van der Waals surface area contributed by atoms with Crippen LogP contribution in [-0.2, 0) is 9.53 Å². The van der Waals surface area contributed by atoms with Crippen molar-refractivity contribution in [1.29, 1.82) is 0 Å². The van der Waals surface area contributed by atoms with Crippen LogP contribution in [0, 0.1) is 0 Å². The van der Waals surface area contributed by atoms with Crippen LogP contribution in [0.5, 0.6) is 5.75 Å². The Labute approximate surface area is 156 Å². The molecule has 0 aliphatic heterocycles. The van der Waals surface area contributed by atoms with Crippen LogP contribution in [0.2, 0.25) is 0 Å². The molecule has 0 radical (unpaired) electrons. The average Bonchev–Trinajstić information content (AvgIpc) is 2.66. The number of carbonyl (C=O) groups is 1. The van der Waals surface area contributed by atoms with Gasteiger partial charge in [0.1, 0.15) is 18.5 Å². The number of unbranched alkanes of at least 4 members (excludes halogenated alkanes) is 1. The largest absolute Gasteiger partial charge is 0.486 e. The molecule has 0 N–H and O–H groups in total. The van der Waals surface area contributed by atoms with Crippen molar-refractivity contribution in [3.05, 3.63) is 52.7 Å². The lowest BCUT2D eigenvalue weighted by atomic mass is 10.2. The minimum Gasteiger partial charge on any atom is -0.486 e. The van der Waals surface area contributed by atoms with E-state index in [1.54, 1.807) is 30.4 Å². The van der Waals surface area contributed by atoms with E-state index < -0.39 is 6.10 Å². The molecule has 0 bridgehead atoms. The maximum Gasteiger partial charge on any atom is 0.198 e. The molecule has 2 aromatic carbocycles. The first-order valence-electron chi connectivity index (χ1n) is 8.83. The minimum absolute atomic E-state index is 0.0117. The number of benzene rings is 2. The summed E-state index contributed by atoms with van der Waals surface area (Å²) < 4.78 is 13.0. The van der Waals surface area contributed by atoms with Crippen LogP contribution < -0.4 is 10.2 Å². The highest BCUT2D eigenvalue weighted by Crippen LogP contribution is 2.27. The third-order valence-corrected chi connectivity index (χ3v) is 5.40. The number of carbonyl (C=O) groups excluding carboxylic acids is 1. The third-order valence-electron chi connectivity index (χ3n) is 4.25. The topological polar surface area (TPSA) is 52.6 Å². The highest BCUT2D eigenvalue weighted by atomic mass is 32.1. The molecule has 136 valence electrons. The van der Waals surface area contributed by atoms with Crippen molar-refractivity contribution < 1.29 is 14.3 Å². The summed E-state index contributed by atoms with van der Waals surface area (Å²) in [4.78, 5) is 24.8. The van der Waals surface area contributed by atoms with E-state index in [9.17, 15) is 9.59 Å². The number of hydrogen-bond donors (Lipinski definition) is 0. The van der Waals surface area contributed by atoms with Crippen LogP contribution in [0.4, 0.5) is 0 Å². The van der Waals surface area contributed by atoms with E-state index in [1.165, 1.54) is 0 Å². The molecule has 5 heteroatoms. The summed E-state index contributed by atoms with van der Waals surface area (Å²) in [5.41, 5.74) is -0.0117. The van der Waals surface area contributed by atoms with Crippen molar-refractivity contribution in [3.63, 3.8) is 0 Å². The molecule has 0 saturated heterocycles. The Bertz CT molecular complexity index is 977. The summed E-state index contributed by atoms with van der Waals surface area (Å²) in [5, 5.41) is 1.32. The predicted octanol–water partition coefficient (Wildman–Crippen LogP) is 4.57. The van der Waals surface area contributed by atoms with Crippen LogP contribution in [-0.4, -0.2) is 25.1 Å². The van der Waals surface area contributed by atoms with Crippen LogP contribution in [0.1, 0.15) is 26.7 Å². The highest BCUT2D eigenvalue weighted by molar-refractivity contribution is 7.24. The molecule has 4 nitrogen and oxygen atoms in total. The van der Waals surface area contributed by atoms with Gasteiger partial charge in [0, 0.05) is 26.8 Å². The monoisotopic (exact) mass is 370 g/mol. The van der Waals surface area contributed by atoms with Gasteiger partial charge in [-0.25, -0.2) is 0 Å². The van der Waals surface area contributed by atoms with Gasteiger partial charge < -0.3 is 9.47 Å². The van der Waals surface area contributed by atoms with Crippen LogP contribution in [0.25, 0.3) is 20.2 Å². The maximum absolute atomic E-state index is 12.7. The second-order valence-corrected chi connectivity index (χ2v) is 7.29. The lowest BCUT2D eigenvalue weighted by molar-refractivity contribution is -0.131. The Kier molecular flexibility index (Phi) is 6.01. The fourth-order valence-corrected chi connectivity index (χ4v) is 3.69. The van der Waals surface area contributed by atoms with Gasteiger partial charge in [0.05, 0.1) is 0 Å². The summed E-state index contributed by atoms with van der Waals surface area (Å²) in [5.74, 6) is 0.413. The number of rotatable bonds is 8. The van der Waals surface area contributed by atoms with E-state index in [1.807, 2.05) is 30.3 Å². The number of Topliss-reactive ketones (excluding diaryl/α,β-unsaturated/α-hetero) is 1. The van der Waals surface area contributed by atoms with E-state index in [0.29, 0.717) is 23.1 Å². The fraction of sp³-hybridized carbons (Fsp3) is 0.333. The Morgan fingerprint density at radius 1 is 1.12 bits per heavy atom. The molecule has 1 atom stereocenters. The van der Waals surface area contributed by atoms with Gasteiger partial charge in [-0.3, -0.25) is 9.59 Å². The summed E-state index contributed by atoms with van der Waals surface area (Å²) in [6.45, 7) is 4.33. The van der Waals surface area contributed by atoms with E-state index in [-0.39, 0.29) is 17.8 Å². The zero-order valence-electron chi connectivity index (χ0n) is 15.0. The van der Waals surface area contributed by atoms with Crippen LogP contribution >= 0.6 is 11.3 Å². The Morgan fingerprint density at radius 3 is 2.69 bits per heavy atom. The lowest BCUT2D eigenvalue weighted by Crippen LogP contribution is -2.26. The molecule has 0 fully saturated rings. The molecule has 0 aliphatic carbocycles. The number of hydrogen-bond acceptors (Lipinski definition) is 5. The molecular formula is C21H22O4S. The standard InChI is InChI=1S/C21H22O4S/c1-3-4-11-24-14(2)18(22)13-25-15-9-10-20-17(12-15)21(23)16-7-5-6-8-19(16)26-20/h5-10,12,14H,3-4,11,13H2,1-2H3. The first kappa shape index (κ1) is 18.5. The number of fused-ring (bicyclic) bond motifs is 2. The fourth-order valence-electron chi connectivity index (χ4n) is 2.64. The molecule has 0 amide bonds. The maximum atomic E-state index is 12.7. The minimum atomic E-state index is -0.483. The van der Waals surface area contributed by atoms with Gasteiger partial charge in [0.25, 0.3) is 0 Å². The molecule has 1 heterocycles. The molecule has 1 unspecified atom stereocenters. The molecule has 0 spiro atoms. The Morgan fingerprint density at radius 2 is 1.88 bits per heavy atom. The predicted molar refractivity (Wildman–Crippen MR) is 106 cm³/mol. The van der Waals surface area contributed by atoms with Gasteiger partial charge in [0.2, 0.25) is 0 Å². The van der Waals surface area contributed by atoms with E-state index in [4.69, 9.17) is 9.47 Å². The zero-order valence-corrected chi connectivity index (χ0v) is 15.8. The van der Waals surface area contributed by atoms with Gasteiger partial charge in [-0.1, -0.05) is 25.5 Å². The number of ketones is 1. The molecule has 3 aromatic rings. The number of ether oxygens (including phenoxy) is 2. The van der Waals surface area contributed by atoms with Crippen molar-refractivity contribution in [2.75, 3.05) is 13.2 Å². The van der Waals surface area contributed by atoms with E-state index in [2.05, 4.69) is 6.92 Å². The Balaban J connectivity index is 1.75. The van der Waals surface area contributed by atoms with Crippen molar-refractivity contribution in [2.24, 2.45) is 0 Å². The smallest absolute Gasteiger partial charge is 0.198 e. The van der Waals surface area contributed by atoms with E-state index >= 15 is 0 Å². The molecular weight excluding hydrogens is 348 g/mol. The molecule has 1 aromatic heterocycles. The average molecular weight is 370 g/mol. The molecule has 26 heavy (non-hydrogen) atoms. The van der Waals surface area contributed by atoms with Crippen molar-refractivity contribution in [2.45, 2.75) is 32.8 Å². The second-order valence-electron chi connectivity index (χ2n) is 6.21. The van der Waals surface area contributed by atoms with Crippen molar-refractivity contribution in [1.82, 2.24) is 0 Å². The summed E-state index contributed by atoms with van der Waals surface area (Å²) in [6, 6.07) is 13.0. The van der Waals surface area contributed by atoms with Crippen molar-refractivity contribution >= 4 is 37.3 Å². The quantitative estimate of drug-likeness (QED) is 0.431. The SMILES string of the molecule is CCCCOC(C)C(=O)COc1ccc2sc3ccccc3c(=O)c2c1. The molecule has 0 saturated carbocycles. The van der Waals surface area contributed by atoms with Gasteiger partial charge >= 0.3 is 0 Å². The molecule has 3 rings (SSSR count). The molecule has 0 aliphatic rings. The van der Waals surface area contributed by atoms with Crippen LogP contribution in [0.15, 0.2) is 47.3 Å². The van der Waals surface area contributed by atoms with E-state index in [0.717, 1.165) is 22.2 Å². The first-order chi connectivity index (χ1) is 12.6. The van der Waals surface area contributed by atoms with Gasteiger partial charge in [0.15, 0.2) is 11.2 Å². The van der Waals surface area contributed by atoms with Gasteiger partial charge in [-0.2, -0.15) is 0 Å². The van der Waals surface area contributed by atoms with Crippen molar-refractivity contribution in [3.8, 4) is 5.75 Å². The third kappa shape index (κ3) is 4.11. The zero-order chi connectivity index (χ0) is 18.5. The summed E-state index contributed by atoms with van der Waals surface area (Å²) >= 11 is 1.57. The summed E-state index contributed by atoms with van der Waals surface area (Å²) in [7, 11) is 0.